The lowest BCUT2D eigenvalue weighted by Crippen LogP contribution is -2.41. The molecule has 154 valence electrons. The minimum atomic E-state index is -0.283. The Balaban J connectivity index is 1.88. The van der Waals surface area contributed by atoms with E-state index in [-0.39, 0.29) is 12.2 Å². The zero-order valence-corrected chi connectivity index (χ0v) is 16.4. The SMILES string of the molecule is NCCO[C@@H](COCc1ccccc1)[C@H](COCc1ccccc1)OCCN. The van der Waals surface area contributed by atoms with Crippen molar-refractivity contribution in [3.05, 3.63) is 71.8 Å². The minimum Gasteiger partial charge on any atom is -0.374 e. The van der Waals surface area contributed by atoms with Gasteiger partial charge in [-0.3, -0.25) is 0 Å². The second-order valence-electron chi connectivity index (χ2n) is 6.40. The smallest absolute Gasteiger partial charge is 0.109 e. The van der Waals surface area contributed by atoms with E-state index in [0.29, 0.717) is 52.7 Å². The molecule has 6 heteroatoms. The standard InChI is InChI=1S/C22H32N2O4/c23-11-13-27-21(17-25-15-19-7-3-1-4-8-19)22(28-14-12-24)18-26-16-20-9-5-2-6-10-20/h1-10,21-22H,11-18,23-24H2/t21-,22-/m0/s1. The van der Waals surface area contributed by atoms with Crippen LogP contribution in [0.2, 0.25) is 0 Å². The fourth-order valence-corrected chi connectivity index (χ4v) is 2.70. The van der Waals surface area contributed by atoms with Crippen molar-refractivity contribution in [2.45, 2.75) is 25.4 Å². The van der Waals surface area contributed by atoms with Crippen LogP contribution in [-0.4, -0.2) is 51.7 Å². The summed E-state index contributed by atoms with van der Waals surface area (Å²) in [6, 6.07) is 20.0. The van der Waals surface area contributed by atoms with E-state index in [9.17, 15) is 0 Å². The molecule has 0 fully saturated rings. The predicted molar refractivity (Wildman–Crippen MR) is 110 cm³/mol. The van der Waals surface area contributed by atoms with Gasteiger partial charge >= 0.3 is 0 Å². The molecule has 0 aliphatic rings. The van der Waals surface area contributed by atoms with Gasteiger partial charge in [0.1, 0.15) is 12.2 Å². The van der Waals surface area contributed by atoms with Gasteiger partial charge in [-0.1, -0.05) is 60.7 Å². The third-order valence-electron chi connectivity index (χ3n) is 4.10. The first-order valence-electron chi connectivity index (χ1n) is 9.70. The molecule has 0 radical (unpaired) electrons. The number of benzene rings is 2. The fraction of sp³-hybridized carbons (Fsp3) is 0.455. The van der Waals surface area contributed by atoms with Crippen LogP contribution < -0.4 is 11.5 Å². The van der Waals surface area contributed by atoms with E-state index >= 15 is 0 Å². The molecule has 0 saturated heterocycles. The third kappa shape index (κ3) is 8.93. The molecule has 0 amide bonds. The van der Waals surface area contributed by atoms with E-state index in [1.165, 1.54) is 0 Å². The molecule has 28 heavy (non-hydrogen) atoms. The highest BCUT2D eigenvalue weighted by atomic mass is 16.6. The van der Waals surface area contributed by atoms with Gasteiger partial charge in [0.15, 0.2) is 0 Å². The Morgan fingerprint density at radius 3 is 1.36 bits per heavy atom. The van der Waals surface area contributed by atoms with Crippen LogP contribution in [-0.2, 0) is 32.2 Å². The van der Waals surface area contributed by atoms with Crippen LogP contribution in [0.15, 0.2) is 60.7 Å². The molecule has 2 aromatic carbocycles. The Morgan fingerprint density at radius 1 is 0.607 bits per heavy atom. The van der Waals surface area contributed by atoms with Gasteiger partial charge in [0.2, 0.25) is 0 Å². The molecule has 6 nitrogen and oxygen atoms in total. The van der Waals surface area contributed by atoms with Gasteiger partial charge in [0, 0.05) is 13.1 Å². The summed E-state index contributed by atoms with van der Waals surface area (Å²) in [6.45, 7) is 3.53. The van der Waals surface area contributed by atoms with E-state index in [1.807, 2.05) is 60.7 Å². The summed E-state index contributed by atoms with van der Waals surface area (Å²) in [5.74, 6) is 0. The first kappa shape index (κ1) is 22.5. The predicted octanol–water partition coefficient (Wildman–Crippen LogP) is 2.11. The zero-order chi connectivity index (χ0) is 19.9. The van der Waals surface area contributed by atoms with Crippen molar-refractivity contribution in [3.8, 4) is 0 Å². The maximum atomic E-state index is 5.90. The van der Waals surface area contributed by atoms with E-state index in [2.05, 4.69) is 0 Å². The zero-order valence-electron chi connectivity index (χ0n) is 16.4. The Morgan fingerprint density at radius 2 is 1.00 bits per heavy atom. The molecule has 0 spiro atoms. The number of ether oxygens (including phenoxy) is 4. The maximum absolute atomic E-state index is 5.90. The highest BCUT2D eigenvalue weighted by Crippen LogP contribution is 2.10. The molecule has 0 bridgehead atoms. The average molecular weight is 389 g/mol. The van der Waals surface area contributed by atoms with E-state index < -0.39 is 0 Å². The maximum Gasteiger partial charge on any atom is 0.109 e. The van der Waals surface area contributed by atoms with Crippen molar-refractivity contribution in [2.75, 3.05) is 39.5 Å². The van der Waals surface area contributed by atoms with Crippen molar-refractivity contribution in [1.29, 1.82) is 0 Å². The van der Waals surface area contributed by atoms with Crippen LogP contribution in [0.3, 0.4) is 0 Å². The number of hydrogen-bond donors (Lipinski definition) is 2. The molecule has 0 aliphatic heterocycles. The minimum absolute atomic E-state index is 0.283. The molecule has 2 rings (SSSR count). The van der Waals surface area contributed by atoms with Gasteiger partial charge in [-0.15, -0.1) is 0 Å². The average Bonchev–Trinajstić information content (AvgIpc) is 2.75. The van der Waals surface area contributed by atoms with Crippen LogP contribution >= 0.6 is 0 Å². The van der Waals surface area contributed by atoms with Crippen molar-refractivity contribution >= 4 is 0 Å². The molecule has 0 unspecified atom stereocenters. The molecule has 0 saturated carbocycles. The lowest BCUT2D eigenvalue weighted by molar-refractivity contribution is -0.128. The lowest BCUT2D eigenvalue weighted by Gasteiger charge is -2.27. The summed E-state index contributed by atoms with van der Waals surface area (Å²) < 4.78 is 23.5. The Bertz CT molecular complexity index is 557. The Labute approximate surface area is 167 Å². The second kappa shape index (κ2) is 14.2. The van der Waals surface area contributed by atoms with Crippen molar-refractivity contribution in [2.24, 2.45) is 11.5 Å². The van der Waals surface area contributed by atoms with E-state index in [4.69, 9.17) is 30.4 Å². The Hall–Kier alpha value is -1.80. The molecular formula is C22H32N2O4. The van der Waals surface area contributed by atoms with Crippen LogP contribution in [0.1, 0.15) is 11.1 Å². The first-order valence-corrected chi connectivity index (χ1v) is 9.70. The highest BCUT2D eigenvalue weighted by molar-refractivity contribution is 5.14. The van der Waals surface area contributed by atoms with Gasteiger partial charge in [-0.05, 0) is 11.1 Å². The monoisotopic (exact) mass is 388 g/mol. The summed E-state index contributed by atoms with van der Waals surface area (Å²) in [5, 5.41) is 0. The first-order chi connectivity index (χ1) is 13.8. The summed E-state index contributed by atoms with van der Waals surface area (Å²) in [6.07, 6.45) is -0.566. The summed E-state index contributed by atoms with van der Waals surface area (Å²) >= 11 is 0. The lowest BCUT2D eigenvalue weighted by atomic mass is 10.2. The van der Waals surface area contributed by atoms with E-state index in [1.54, 1.807) is 0 Å². The van der Waals surface area contributed by atoms with Crippen LogP contribution in [0.25, 0.3) is 0 Å². The molecule has 0 aliphatic carbocycles. The fourth-order valence-electron chi connectivity index (χ4n) is 2.70. The number of nitrogens with two attached hydrogens (primary N) is 2. The normalized spacial score (nSPS) is 13.4. The summed E-state index contributed by atoms with van der Waals surface area (Å²) in [4.78, 5) is 0. The second-order valence-corrected chi connectivity index (χ2v) is 6.40. The van der Waals surface area contributed by atoms with Gasteiger partial charge in [-0.25, -0.2) is 0 Å². The molecule has 2 aromatic rings. The molecule has 4 N–H and O–H groups in total. The topological polar surface area (TPSA) is 89.0 Å². The van der Waals surface area contributed by atoms with Crippen molar-refractivity contribution in [3.63, 3.8) is 0 Å². The molecular weight excluding hydrogens is 356 g/mol. The van der Waals surface area contributed by atoms with Crippen LogP contribution in [0.5, 0.6) is 0 Å². The highest BCUT2D eigenvalue weighted by Gasteiger charge is 2.24. The largest absolute Gasteiger partial charge is 0.374 e. The van der Waals surface area contributed by atoms with Crippen molar-refractivity contribution < 1.29 is 18.9 Å². The Kier molecular flexibility index (Phi) is 11.4. The van der Waals surface area contributed by atoms with Crippen molar-refractivity contribution in [1.82, 2.24) is 0 Å². The molecule has 0 aromatic heterocycles. The quantitative estimate of drug-likeness (QED) is 0.486. The molecule has 0 heterocycles. The van der Waals surface area contributed by atoms with Crippen LogP contribution in [0.4, 0.5) is 0 Å². The van der Waals surface area contributed by atoms with Gasteiger partial charge in [0.05, 0.1) is 39.6 Å². The van der Waals surface area contributed by atoms with E-state index in [0.717, 1.165) is 11.1 Å². The van der Waals surface area contributed by atoms with Crippen LogP contribution in [0, 0.1) is 0 Å². The summed E-state index contributed by atoms with van der Waals surface area (Å²) in [7, 11) is 0. The number of rotatable bonds is 15. The van der Waals surface area contributed by atoms with Gasteiger partial charge in [0.25, 0.3) is 0 Å². The number of hydrogen-bond acceptors (Lipinski definition) is 6. The summed E-state index contributed by atoms with van der Waals surface area (Å²) in [5.41, 5.74) is 13.5. The third-order valence-corrected chi connectivity index (χ3v) is 4.10. The van der Waals surface area contributed by atoms with Gasteiger partial charge in [-0.2, -0.15) is 0 Å². The molecule has 2 atom stereocenters. The van der Waals surface area contributed by atoms with Gasteiger partial charge < -0.3 is 30.4 Å².